The van der Waals surface area contributed by atoms with Crippen LogP contribution in [-0.2, 0) is 11.3 Å². The molecule has 29 heavy (non-hydrogen) atoms. The summed E-state index contributed by atoms with van der Waals surface area (Å²) in [6.07, 6.45) is 1.77. The number of carbonyl (C=O) groups excluding carboxylic acids is 1. The van der Waals surface area contributed by atoms with Crippen molar-refractivity contribution in [2.24, 2.45) is 0 Å². The van der Waals surface area contributed by atoms with E-state index in [1.54, 1.807) is 0 Å². The summed E-state index contributed by atoms with van der Waals surface area (Å²) in [5.74, 6) is 1.43. The summed E-state index contributed by atoms with van der Waals surface area (Å²) in [5, 5.41) is 7.68. The van der Waals surface area contributed by atoms with Crippen molar-refractivity contribution >= 4 is 17.5 Å². The maximum absolute atomic E-state index is 12.2. The number of likely N-dealkylation sites (tertiary alicyclic amines) is 1. The topological polar surface area (TPSA) is 71.3 Å². The molecule has 0 saturated carbocycles. The highest BCUT2D eigenvalue weighted by Gasteiger charge is 2.26. The number of hydrogen-bond acceptors (Lipinski definition) is 5. The Hall–Kier alpha value is -2.70. The van der Waals surface area contributed by atoms with Crippen molar-refractivity contribution < 1.29 is 9.32 Å². The second-order valence-corrected chi connectivity index (χ2v) is 7.66. The molecule has 0 spiro atoms. The molecule has 0 aliphatic carbocycles. The van der Waals surface area contributed by atoms with Crippen molar-refractivity contribution in [3.63, 3.8) is 0 Å². The molecule has 2 heterocycles. The molecular formula is C22H23ClN4O2. The van der Waals surface area contributed by atoms with E-state index in [0.717, 1.165) is 37.1 Å². The van der Waals surface area contributed by atoms with Gasteiger partial charge in [-0.05, 0) is 43.6 Å². The van der Waals surface area contributed by atoms with Crippen molar-refractivity contribution in [2.45, 2.75) is 25.3 Å². The van der Waals surface area contributed by atoms with Crippen molar-refractivity contribution in [3.8, 4) is 11.4 Å². The zero-order chi connectivity index (χ0) is 20.1. The van der Waals surface area contributed by atoms with Crippen molar-refractivity contribution in [1.82, 2.24) is 20.4 Å². The Labute approximate surface area is 174 Å². The van der Waals surface area contributed by atoms with E-state index in [-0.39, 0.29) is 11.8 Å². The van der Waals surface area contributed by atoms with Gasteiger partial charge in [0.05, 0.1) is 11.6 Å². The SMILES string of the molecule is O=C(CN1CCC(c2nc(-c3ccccc3Cl)no2)CC1)NCc1ccccc1. The summed E-state index contributed by atoms with van der Waals surface area (Å²) in [6, 6.07) is 17.4. The summed E-state index contributed by atoms with van der Waals surface area (Å²) in [5.41, 5.74) is 1.88. The largest absolute Gasteiger partial charge is 0.351 e. The molecule has 2 aromatic carbocycles. The van der Waals surface area contributed by atoms with Crippen LogP contribution in [0.5, 0.6) is 0 Å². The number of hydrogen-bond donors (Lipinski definition) is 1. The molecule has 1 amide bonds. The second kappa shape index (κ2) is 9.20. The zero-order valence-corrected chi connectivity index (χ0v) is 16.8. The zero-order valence-electron chi connectivity index (χ0n) is 16.1. The first kappa shape index (κ1) is 19.6. The lowest BCUT2D eigenvalue weighted by molar-refractivity contribution is -0.122. The number of amides is 1. The minimum atomic E-state index is 0.0473. The Kier molecular flexibility index (Phi) is 6.22. The Morgan fingerprint density at radius 3 is 2.59 bits per heavy atom. The molecule has 1 fully saturated rings. The Bertz CT molecular complexity index is 952. The first-order chi connectivity index (χ1) is 14.2. The predicted octanol–water partition coefficient (Wildman–Crippen LogP) is 3.89. The van der Waals surface area contributed by atoms with Crippen LogP contribution >= 0.6 is 11.6 Å². The number of rotatable bonds is 6. The lowest BCUT2D eigenvalue weighted by Gasteiger charge is -2.29. The van der Waals surface area contributed by atoms with Gasteiger partial charge in [0, 0.05) is 18.0 Å². The third kappa shape index (κ3) is 5.02. The van der Waals surface area contributed by atoms with E-state index < -0.39 is 0 Å². The van der Waals surface area contributed by atoms with Crippen LogP contribution in [0.3, 0.4) is 0 Å². The van der Waals surface area contributed by atoms with Crippen LogP contribution in [0.15, 0.2) is 59.1 Å². The van der Waals surface area contributed by atoms with E-state index in [9.17, 15) is 4.79 Å². The first-order valence-corrected chi connectivity index (χ1v) is 10.2. The third-order valence-corrected chi connectivity index (χ3v) is 5.52. The summed E-state index contributed by atoms with van der Waals surface area (Å²) in [7, 11) is 0. The maximum Gasteiger partial charge on any atom is 0.234 e. The standard InChI is InChI=1S/C22H23ClN4O2/c23-19-9-5-4-8-18(19)21-25-22(29-26-21)17-10-12-27(13-11-17)15-20(28)24-14-16-6-2-1-3-7-16/h1-9,17H,10-15H2,(H,24,28). The van der Waals surface area contributed by atoms with Gasteiger partial charge in [0.2, 0.25) is 17.6 Å². The molecule has 6 nitrogen and oxygen atoms in total. The van der Waals surface area contributed by atoms with Gasteiger partial charge in [-0.25, -0.2) is 0 Å². The number of halogens is 1. The summed E-state index contributed by atoms with van der Waals surface area (Å²) in [4.78, 5) is 18.9. The van der Waals surface area contributed by atoms with Crippen LogP contribution in [0.4, 0.5) is 0 Å². The van der Waals surface area contributed by atoms with Crippen LogP contribution in [0, 0.1) is 0 Å². The Balaban J connectivity index is 1.26. The average Bonchev–Trinajstić information content (AvgIpc) is 3.24. The molecule has 1 aliphatic heterocycles. The fraction of sp³-hybridized carbons (Fsp3) is 0.318. The van der Waals surface area contributed by atoms with Gasteiger partial charge in [-0.2, -0.15) is 4.98 Å². The Morgan fingerprint density at radius 1 is 1.10 bits per heavy atom. The summed E-state index contributed by atoms with van der Waals surface area (Å²) in [6.45, 7) is 2.62. The van der Waals surface area contributed by atoms with Gasteiger partial charge in [0.1, 0.15) is 0 Å². The molecule has 0 bridgehead atoms. The number of piperidine rings is 1. The molecule has 0 unspecified atom stereocenters. The highest BCUT2D eigenvalue weighted by molar-refractivity contribution is 6.33. The fourth-order valence-corrected chi connectivity index (χ4v) is 3.77. The number of benzene rings is 2. The number of carbonyl (C=O) groups is 1. The maximum atomic E-state index is 12.2. The molecule has 150 valence electrons. The minimum Gasteiger partial charge on any atom is -0.351 e. The molecule has 1 N–H and O–H groups in total. The van der Waals surface area contributed by atoms with Crippen LogP contribution in [0.25, 0.3) is 11.4 Å². The third-order valence-electron chi connectivity index (χ3n) is 5.19. The van der Waals surface area contributed by atoms with E-state index in [1.165, 1.54) is 0 Å². The second-order valence-electron chi connectivity index (χ2n) is 7.25. The number of nitrogens with one attached hydrogen (secondary N) is 1. The minimum absolute atomic E-state index is 0.0473. The van der Waals surface area contributed by atoms with E-state index >= 15 is 0 Å². The van der Waals surface area contributed by atoms with Crippen molar-refractivity contribution in [1.29, 1.82) is 0 Å². The first-order valence-electron chi connectivity index (χ1n) is 9.80. The van der Waals surface area contributed by atoms with Gasteiger partial charge < -0.3 is 9.84 Å². The molecule has 0 atom stereocenters. The van der Waals surface area contributed by atoms with E-state index in [4.69, 9.17) is 16.1 Å². The van der Waals surface area contributed by atoms with Gasteiger partial charge in [-0.3, -0.25) is 9.69 Å². The smallest absolute Gasteiger partial charge is 0.234 e. The van der Waals surface area contributed by atoms with Gasteiger partial charge in [-0.1, -0.05) is 59.2 Å². The molecule has 1 aliphatic rings. The lowest BCUT2D eigenvalue weighted by Crippen LogP contribution is -2.41. The molecule has 1 aromatic heterocycles. The van der Waals surface area contributed by atoms with E-state index in [0.29, 0.717) is 29.8 Å². The molecule has 7 heteroatoms. The number of aromatic nitrogens is 2. The van der Waals surface area contributed by atoms with E-state index in [1.807, 2.05) is 54.6 Å². The van der Waals surface area contributed by atoms with Crippen molar-refractivity contribution in [2.75, 3.05) is 19.6 Å². The van der Waals surface area contributed by atoms with Gasteiger partial charge in [0.15, 0.2) is 0 Å². The molecule has 0 radical (unpaired) electrons. The molecule has 4 rings (SSSR count). The van der Waals surface area contributed by atoms with Crippen LogP contribution in [0.2, 0.25) is 5.02 Å². The van der Waals surface area contributed by atoms with Gasteiger partial charge >= 0.3 is 0 Å². The highest BCUT2D eigenvalue weighted by Crippen LogP contribution is 2.30. The van der Waals surface area contributed by atoms with Gasteiger partial charge in [0.25, 0.3) is 0 Å². The lowest BCUT2D eigenvalue weighted by atomic mass is 9.97. The Morgan fingerprint density at radius 2 is 1.83 bits per heavy atom. The summed E-state index contributed by atoms with van der Waals surface area (Å²) < 4.78 is 5.50. The van der Waals surface area contributed by atoms with Crippen LogP contribution in [-0.4, -0.2) is 40.6 Å². The molecule has 3 aromatic rings. The number of nitrogens with zero attached hydrogens (tertiary/aromatic N) is 3. The van der Waals surface area contributed by atoms with Gasteiger partial charge in [-0.15, -0.1) is 0 Å². The van der Waals surface area contributed by atoms with Crippen LogP contribution < -0.4 is 5.32 Å². The quantitative estimate of drug-likeness (QED) is 0.667. The fourth-order valence-electron chi connectivity index (χ4n) is 3.55. The normalized spacial score (nSPS) is 15.3. The van der Waals surface area contributed by atoms with Crippen molar-refractivity contribution in [3.05, 3.63) is 71.1 Å². The highest BCUT2D eigenvalue weighted by atomic mass is 35.5. The monoisotopic (exact) mass is 410 g/mol. The van der Waals surface area contributed by atoms with E-state index in [2.05, 4.69) is 20.4 Å². The molecular weight excluding hydrogens is 388 g/mol. The van der Waals surface area contributed by atoms with Crippen LogP contribution in [0.1, 0.15) is 30.2 Å². The average molecular weight is 411 g/mol. The molecule has 1 saturated heterocycles. The summed E-state index contributed by atoms with van der Waals surface area (Å²) >= 11 is 6.22. The predicted molar refractivity (Wildman–Crippen MR) is 111 cm³/mol.